The molecule has 0 saturated carbocycles. The van der Waals surface area contributed by atoms with Crippen molar-refractivity contribution in [2.45, 2.75) is 24.0 Å². The van der Waals surface area contributed by atoms with Crippen molar-refractivity contribution in [2.75, 3.05) is 18.6 Å². The van der Waals surface area contributed by atoms with Crippen molar-refractivity contribution in [3.8, 4) is 0 Å². The molecule has 0 spiro atoms. The summed E-state index contributed by atoms with van der Waals surface area (Å²) in [5.41, 5.74) is 0.501. The van der Waals surface area contributed by atoms with Crippen molar-refractivity contribution < 1.29 is 21.9 Å². The number of aryl methyl sites for hydroxylation is 1. The third-order valence-electron chi connectivity index (χ3n) is 3.57. The lowest BCUT2D eigenvalue weighted by Crippen LogP contribution is -2.44. The van der Waals surface area contributed by atoms with Gasteiger partial charge in [-0.25, -0.2) is 16.8 Å². The predicted molar refractivity (Wildman–Crippen MR) is 79.6 cm³/mol. The van der Waals surface area contributed by atoms with Crippen molar-refractivity contribution in [3.63, 3.8) is 0 Å². The number of likely N-dealkylation sites (N-methyl/N-ethyl adjacent to an activating group) is 1. The molecule has 1 saturated heterocycles. The van der Waals surface area contributed by atoms with E-state index < -0.39 is 37.8 Å². The summed E-state index contributed by atoms with van der Waals surface area (Å²) in [6.45, 7) is 1.62. The summed E-state index contributed by atoms with van der Waals surface area (Å²) in [5.74, 6) is -0.810. The minimum Gasteiger partial charge on any atom is -0.390 e. The molecule has 0 radical (unpaired) electrons. The van der Waals surface area contributed by atoms with E-state index in [0.29, 0.717) is 5.56 Å². The fourth-order valence-corrected chi connectivity index (χ4v) is 6.15. The lowest BCUT2D eigenvalue weighted by molar-refractivity contribution is 0.137. The molecule has 0 aliphatic carbocycles. The Morgan fingerprint density at radius 1 is 1.33 bits per heavy atom. The van der Waals surface area contributed by atoms with Gasteiger partial charge in [0.25, 0.3) is 0 Å². The van der Waals surface area contributed by atoms with Crippen LogP contribution in [-0.4, -0.2) is 56.9 Å². The van der Waals surface area contributed by atoms with Crippen LogP contribution >= 0.6 is 11.6 Å². The molecule has 2 atom stereocenters. The molecule has 9 heteroatoms. The van der Waals surface area contributed by atoms with Gasteiger partial charge in [-0.15, -0.1) is 0 Å². The van der Waals surface area contributed by atoms with Gasteiger partial charge < -0.3 is 5.11 Å². The van der Waals surface area contributed by atoms with Crippen molar-refractivity contribution >= 4 is 31.5 Å². The maximum atomic E-state index is 12.6. The van der Waals surface area contributed by atoms with E-state index in [4.69, 9.17) is 11.6 Å². The van der Waals surface area contributed by atoms with Gasteiger partial charge in [0, 0.05) is 12.1 Å². The van der Waals surface area contributed by atoms with Crippen LogP contribution in [0.1, 0.15) is 5.56 Å². The molecular weight excluding hydrogens is 338 g/mol. The Bertz CT molecular complexity index is 760. The average molecular weight is 354 g/mol. The first-order chi connectivity index (χ1) is 9.54. The van der Waals surface area contributed by atoms with Gasteiger partial charge in [0.15, 0.2) is 9.84 Å². The second kappa shape index (κ2) is 5.51. The molecule has 1 aromatic rings. The van der Waals surface area contributed by atoms with E-state index in [9.17, 15) is 21.9 Å². The van der Waals surface area contributed by atoms with Crippen LogP contribution in [0.5, 0.6) is 0 Å². The number of hydrogen-bond acceptors (Lipinski definition) is 5. The molecule has 21 heavy (non-hydrogen) atoms. The number of sulfone groups is 1. The number of sulfonamides is 1. The number of halogens is 1. The van der Waals surface area contributed by atoms with E-state index >= 15 is 0 Å². The van der Waals surface area contributed by atoms with Gasteiger partial charge in [0.05, 0.1) is 28.5 Å². The highest BCUT2D eigenvalue weighted by Gasteiger charge is 2.43. The minimum absolute atomic E-state index is 0.00833. The Hall–Kier alpha value is -0.670. The van der Waals surface area contributed by atoms with E-state index in [1.807, 2.05) is 0 Å². The standard InChI is InChI=1S/C12H16ClNO5S2/c1-8-3-4-9(13)5-12(8)21(18,19)14(2)10-6-20(16,17)7-11(10)15/h3-5,10-11,15H,6-7H2,1-2H3/t10-,11+/m1/s1. The lowest BCUT2D eigenvalue weighted by Gasteiger charge is -2.26. The number of hydrogen-bond donors (Lipinski definition) is 1. The zero-order valence-corrected chi connectivity index (χ0v) is 13.9. The van der Waals surface area contributed by atoms with Crippen molar-refractivity contribution in [1.82, 2.24) is 4.31 Å². The summed E-state index contributed by atoms with van der Waals surface area (Å²) in [6.07, 6.45) is -1.23. The Kier molecular flexibility index (Phi) is 4.38. The van der Waals surface area contributed by atoms with E-state index in [1.54, 1.807) is 19.1 Å². The van der Waals surface area contributed by atoms with Crippen LogP contribution in [0, 0.1) is 6.92 Å². The van der Waals surface area contributed by atoms with Crippen LogP contribution in [0.2, 0.25) is 5.02 Å². The zero-order chi connectivity index (χ0) is 16.0. The molecule has 0 amide bonds. The first kappa shape index (κ1) is 16.7. The molecule has 2 rings (SSSR count). The fraction of sp³-hybridized carbons (Fsp3) is 0.500. The highest BCUT2D eigenvalue weighted by Crippen LogP contribution is 2.27. The monoisotopic (exact) mass is 353 g/mol. The quantitative estimate of drug-likeness (QED) is 0.850. The van der Waals surface area contributed by atoms with Crippen LogP contribution in [-0.2, 0) is 19.9 Å². The molecule has 1 fully saturated rings. The van der Waals surface area contributed by atoms with E-state index in [1.165, 1.54) is 13.1 Å². The third kappa shape index (κ3) is 3.24. The molecular formula is C12H16ClNO5S2. The zero-order valence-electron chi connectivity index (χ0n) is 11.5. The van der Waals surface area contributed by atoms with E-state index in [-0.39, 0.29) is 15.7 Å². The highest BCUT2D eigenvalue weighted by atomic mass is 35.5. The lowest BCUT2D eigenvalue weighted by atomic mass is 10.2. The molecule has 1 aliphatic heterocycles. The molecule has 6 nitrogen and oxygen atoms in total. The normalized spacial score (nSPS) is 25.4. The minimum atomic E-state index is -3.93. The van der Waals surface area contributed by atoms with E-state index in [0.717, 1.165) is 4.31 Å². The summed E-state index contributed by atoms with van der Waals surface area (Å²) in [5, 5.41) is 10.1. The first-order valence-electron chi connectivity index (χ1n) is 6.17. The first-order valence-corrected chi connectivity index (χ1v) is 9.81. The van der Waals surface area contributed by atoms with Crippen molar-refractivity contribution in [2.24, 2.45) is 0 Å². The topological polar surface area (TPSA) is 91.8 Å². The van der Waals surface area contributed by atoms with Crippen LogP contribution < -0.4 is 0 Å². The Morgan fingerprint density at radius 3 is 2.48 bits per heavy atom. The maximum absolute atomic E-state index is 12.6. The fourth-order valence-electron chi connectivity index (χ4n) is 2.34. The van der Waals surface area contributed by atoms with Gasteiger partial charge in [0.1, 0.15) is 0 Å². The number of aliphatic hydroxyl groups excluding tert-OH is 1. The highest BCUT2D eigenvalue weighted by molar-refractivity contribution is 7.92. The number of aliphatic hydroxyl groups is 1. The van der Waals surface area contributed by atoms with Crippen molar-refractivity contribution in [1.29, 1.82) is 0 Å². The van der Waals surface area contributed by atoms with Crippen LogP contribution in [0.15, 0.2) is 23.1 Å². The second-order valence-corrected chi connectivity index (χ2v) is 9.70. The predicted octanol–water partition coefficient (Wildman–Crippen LogP) is 0.427. The Balaban J connectivity index is 2.42. The number of rotatable bonds is 3. The van der Waals surface area contributed by atoms with Gasteiger partial charge in [-0.1, -0.05) is 17.7 Å². The largest absolute Gasteiger partial charge is 0.390 e. The smallest absolute Gasteiger partial charge is 0.243 e. The molecule has 0 aromatic heterocycles. The van der Waals surface area contributed by atoms with Gasteiger partial charge >= 0.3 is 0 Å². The molecule has 1 heterocycles. The van der Waals surface area contributed by atoms with Crippen LogP contribution in [0.25, 0.3) is 0 Å². The van der Waals surface area contributed by atoms with Crippen LogP contribution in [0.4, 0.5) is 0 Å². The Labute approximate surface area is 129 Å². The third-order valence-corrected chi connectivity index (χ3v) is 7.53. The number of nitrogens with zero attached hydrogens (tertiary/aromatic N) is 1. The molecule has 1 aliphatic rings. The molecule has 1 N–H and O–H groups in total. The van der Waals surface area contributed by atoms with E-state index in [2.05, 4.69) is 0 Å². The second-order valence-electron chi connectivity index (χ2n) is 5.14. The number of benzene rings is 1. The molecule has 0 bridgehead atoms. The summed E-state index contributed by atoms with van der Waals surface area (Å²) in [4.78, 5) is 0.00833. The summed E-state index contributed by atoms with van der Waals surface area (Å²) in [7, 11) is -6.10. The summed E-state index contributed by atoms with van der Waals surface area (Å²) < 4.78 is 49.2. The van der Waals surface area contributed by atoms with Gasteiger partial charge in [-0.3, -0.25) is 0 Å². The van der Waals surface area contributed by atoms with Crippen molar-refractivity contribution in [3.05, 3.63) is 28.8 Å². The summed E-state index contributed by atoms with van der Waals surface area (Å²) in [6, 6.07) is 3.48. The molecule has 118 valence electrons. The molecule has 1 aromatic carbocycles. The van der Waals surface area contributed by atoms with Gasteiger partial charge in [-0.05, 0) is 24.6 Å². The van der Waals surface area contributed by atoms with Gasteiger partial charge in [0.2, 0.25) is 10.0 Å². The summed E-state index contributed by atoms with van der Waals surface area (Å²) >= 11 is 5.83. The van der Waals surface area contributed by atoms with Gasteiger partial charge in [-0.2, -0.15) is 4.31 Å². The SMILES string of the molecule is Cc1ccc(Cl)cc1S(=O)(=O)N(C)[C@@H]1CS(=O)(=O)C[C@@H]1O. The molecule has 0 unspecified atom stereocenters. The maximum Gasteiger partial charge on any atom is 0.243 e. The van der Waals surface area contributed by atoms with Crippen LogP contribution in [0.3, 0.4) is 0 Å². The Morgan fingerprint density at radius 2 is 1.95 bits per heavy atom. The average Bonchev–Trinajstić information content (AvgIpc) is 2.64.